The molecule has 0 amide bonds. The number of nitrogens with zero attached hydrogens (tertiary/aromatic N) is 2. The minimum absolute atomic E-state index is 0.167. The van der Waals surface area contributed by atoms with Crippen LogP contribution >= 0.6 is 34.9 Å². The predicted molar refractivity (Wildman–Crippen MR) is 115 cm³/mol. The zero-order chi connectivity index (χ0) is 17.9. The van der Waals surface area contributed by atoms with Crippen molar-refractivity contribution in [2.75, 3.05) is 4.31 Å². The summed E-state index contributed by atoms with van der Waals surface area (Å²) in [5.41, 5.74) is 3.84. The molecule has 0 N–H and O–H groups in total. The lowest BCUT2D eigenvalue weighted by atomic mass is 9.79. The standard InChI is InChI=1S/C21H19ClN2S2/c1-21(2)18-12-13-14(22)6-5-8-16(13)24(18)26-19(21)10-11-20-23-15-7-3-4-9-17(15)25-20/h3-11,18-19H,12H2,1-2H3. The molecule has 1 saturated heterocycles. The fourth-order valence-electron chi connectivity index (χ4n) is 3.96. The van der Waals surface area contributed by atoms with E-state index in [-0.39, 0.29) is 5.41 Å². The Morgan fingerprint density at radius 2 is 2.04 bits per heavy atom. The van der Waals surface area contributed by atoms with Crippen LogP contribution in [0.25, 0.3) is 16.3 Å². The smallest absolute Gasteiger partial charge is 0.117 e. The molecule has 3 aromatic rings. The highest BCUT2D eigenvalue weighted by Crippen LogP contribution is 2.56. The molecule has 3 heterocycles. The number of fused-ring (bicyclic) bond motifs is 4. The van der Waals surface area contributed by atoms with Gasteiger partial charge >= 0.3 is 0 Å². The third kappa shape index (κ3) is 2.50. The summed E-state index contributed by atoms with van der Waals surface area (Å²) < 4.78 is 3.73. The molecule has 132 valence electrons. The Kier molecular flexibility index (Phi) is 3.85. The third-order valence-electron chi connectivity index (χ3n) is 5.56. The van der Waals surface area contributed by atoms with Gasteiger partial charge in [-0.15, -0.1) is 11.3 Å². The van der Waals surface area contributed by atoms with E-state index in [9.17, 15) is 0 Å². The van der Waals surface area contributed by atoms with Gasteiger partial charge in [-0.2, -0.15) is 0 Å². The van der Waals surface area contributed by atoms with E-state index in [1.165, 1.54) is 16.0 Å². The molecule has 1 aromatic heterocycles. The number of thiazole rings is 1. The molecule has 2 aliphatic heterocycles. The van der Waals surface area contributed by atoms with E-state index in [2.05, 4.69) is 60.6 Å². The molecule has 0 saturated carbocycles. The lowest BCUT2D eigenvalue weighted by Gasteiger charge is -2.28. The molecule has 2 unspecified atom stereocenters. The van der Waals surface area contributed by atoms with Crippen LogP contribution in [-0.4, -0.2) is 16.3 Å². The van der Waals surface area contributed by atoms with Crippen molar-refractivity contribution in [3.63, 3.8) is 0 Å². The molecule has 0 radical (unpaired) electrons. The summed E-state index contributed by atoms with van der Waals surface area (Å²) in [6.07, 6.45) is 5.57. The Hall–Kier alpha value is -1.49. The number of halogens is 1. The van der Waals surface area contributed by atoms with Crippen molar-refractivity contribution < 1.29 is 0 Å². The summed E-state index contributed by atoms with van der Waals surface area (Å²) in [5, 5.41) is 2.40. The van der Waals surface area contributed by atoms with E-state index in [4.69, 9.17) is 16.6 Å². The maximum absolute atomic E-state index is 6.43. The van der Waals surface area contributed by atoms with Crippen LogP contribution in [-0.2, 0) is 6.42 Å². The molecular formula is C21H19ClN2S2. The molecule has 1 fully saturated rings. The van der Waals surface area contributed by atoms with Gasteiger partial charge in [0.25, 0.3) is 0 Å². The summed E-state index contributed by atoms with van der Waals surface area (Å²) >= 11 is 10.1. The zero-order valence-electron chi connectivity index (χ0n) is 14.6. The topological polar surface area (TPSA) is 16.1 Å². The largest absolute Gasteiger partial charge is 0.311 e. The quantitative estimate of drug-likeness (QED) is 0.461. The second kappa shape index (κ2) is 6.01. The molecule has 0 bridgehead atoms. The van der Waals surface area contributed by atoms with Crippen molar-refractivity contribution in [1.29, 1.82) is 0 Å². The van der Waals surface area contributed by atoms with Crippen molar-refractivity contribution in [2.24, 2.45) is 5.41 Å². The molecule has 2 nitrogen and oxygen atoms in total. The molecule has 0 aliphatic carbocycles. The normalized spacial score (nSPS) is 23.7. The average Bonchev–Trinajstić information content (AvgIpc) is 3.26. The molecule has 2 aliphatic rings. The van der Waals surface area contributed by atoms with Gasteiger partial charge in [0.2, 0.25) is 0 Å². The summed E-state index contributed by atoms with van der Waals surface area (Å²) in [7, 11) is 0. The first-order valence-corrected chi connectivity index (χ1v) is 10.8. The van der Waals surface area contributed by atoms with Gasteiger partial charge in [-0.25, -0.2) is 4.98 Å². The van der Waals surface area contributed by atoms with Crippen LogP contribution < -0.4 is 4.31 Å². The first-order valence-electron chi connectivity index (χ1n) is 8.81. The maximum atomic E-state index is 6.43. The van der Waals surface area contributed by atoms with Gasteiger partial charge in [-0.1, -0.05) is 49.7 Å². The van der Waals surface area contributed by atoms with Crippen molar-refractivity contribution in [3.05, 3.63) is 64.1 Å². The summed E-state index contributed by atoms with van der Waals surface area (Å²) in [6, 6.07) is 15.1. The molecule has 5 rings (SSSR count). The summed E-state index contributed by atoms with van der Waals surface area (Å²) in [4.78, 5) is 4.73. The van der Waals surface area contributed by atoms with Gasteiger partial charge in [0.05, 0.1) is 27.2 Å². The Morgan fingerprint density at radius 1 is 1.19 bits per heavy atom. The highest BCUT2D eigenvalue weighted by Gasteiger charge is 2.51. The number of hydrogen-bond acceptors (Lipinski definition) is 4. The molecule has 2 aromatic carbocycles. The van der Waals surface area contributed by atoms with E-state index >= 15 is 0 Å². The summed E-state index contributed by atoms with van der Waals surface area (Å²) in [5.74, 6) is 0. The number of benzene rings is 2. The van der Waals surface area contributed by atoms with Crippen LogP contribution in [0, 0.1) is 5.41 Å². The minimum atomic E-state index is 0.167. The first-order chi connectivity index (χ1) is 12.5. The van der Waals surface area contributed by atoms with Gasteiger partial charge in [0, 0.05) is 10.4 Å². The van der Waals surface area contributed by atoms with Crippen molar-refractivity contribution in [1.82, 2.24) is 4.98 Å². The van der Waals surface area contributed by atoms with Crippen molar-refractivity contribution in [3.8, 4) is 0 Å². The average molecular weight is 399 g/mol. The van der Waals surface area contributed by atoms with E-state index in [1.54, 1.807) is 11.3 Å². The Morgan fingerprint density at radius 3 is 2.88 bits per heavy atom. The number of hydrogen-bond donors (Lipinski definition) is 0. The highest BCUT2D eigenvalue weighted by molar-refractivity contribution is 8.01. The van der Waals surface area contributed by atoms with Gasteiger partial charge in [-0.05, 0) is 54.3 Å². The Bertz CT molecular complexity index is 991. The number of aromatic nitrogens is 1. The number of anilines is 1. The van der Waals surface area contributed by atoms with Crippen molar-refractivity contribution >= 4 is 56.9 Å². The minimum Gasteiger partial charge on any atom is -0.311 e. The van der Waals surface area contributed by atoms with Gasteiger partial charge in [0.15, 0.2) is 0 Å². The van der Waals surface area contributed by atoms with Crippen LogP contribution in [0.3, 0.4) is 0 Å². The fourth-order valence-corrected chi connectivity index (χ4v) is 6.68. The van der Waals surface area contributed by atoms with E-state index < -0.39 is 0 Å². The molecule has 5 heteroatoms. The second-order valence-electron chi connectivity index (χ2n) is 7.51. The van der Waals surface area contributed by atoms with E-state index in [0.29, 0.717) is 11.3 Å². The van der Waals surface area contributed by atoms with Gasteiger partial charge in [0.1, 0.15) is 5.01 Å². The molecule has 2 atom stereocenters. The third-order valence-corrected chi connectivity index (χ3v) is 8.58. The van der Waals surface area contributed by atoms with Crippen LogP contribution in [0.4, 0.5) is 5.69 Å². The monoisotopic (exact) mass is 398 g/mol. The maximum Gasteiger partial charge on any atom is 0.117 e. The predicted octanol–water partition coefficient (Wildman–Crippen LogP) is 6.45. The van der Waals surface area contributed by atoms with Gasteiger partial charge < -0.3 is 4.31 Å². The van der Waals surface area contributed by atoms with E-state index in [1.807, 2.05) is 24.1 Å². The first kappa shape index (κ1) is 16.7. The fraction of sp³-hybridized carbons (Fsp3) is 0.286. The van der Waals surface area contributed by atoms with Gasteiger partial charge in [-0.3, -0.25) is 0 Å². The van der Waals surface area contributed by atoms with Crippen LogP contribution in [0.15, 0.2) is 48.5 Å². The molecule has 26 heavy (non-hydrogen) atoms. The SMILES string of the molecule is CC1(C)C(C=Cc2nc3ccccc3s2)SN2c3cccc(Cl)c3CC21. The number of rotatable bonds is 2. The Labute approximate surface area is 167 Å². The van der Waals surface area contributed by atoms with E-state index in [0.717, 1.165) is 22.0 Å². The van der Waals surface area contributed by atoms with Crippen LogP contribution in [0.2, 0.25) is 5.02 Å². The highest BCUT2D eigenvalue weighted by atomic mass is 35.5. The lowest BCUT2D eigenvalue weighted by Crippen LogP contribution is -2.36. The summed E-state index contributed by atoms with van der Waals surface area (Å²) in [6.45, 7) is 4.75. The van der Waals surface area contributed by atoms with Crippen LogP contribution in [0.5, 0.6) is 0 Å². The lowest BCUT2D eigenvalue weighted by molar-refractivity contribution is 0.329. The molecular weight excluding hydrogens is 380 g/mol. The number of para-hydroxylation sites is 1. The van der Waals surface area contributed by atoms with Crippen LogP contribution in [0.1, 0.15) is 24.4 Å². The van der Waals surface area contributed by atoms with Crippen molar-refractivity contribution in [2.45, 2.75) is 31.6 Å². The molecule has 0 spiro atoms. The zero-order valence-corrected chi connectivity index (χ0v) is 17.0. The second-order valence-corrected chi connectivity index (χ2v) is 10.1. The Balaban J connectivity index is 1.44.